The fourth-order valence-electron chi connectivity index (χ4n) is 3.03. The fraction of sp³-hybridized carbons (Fsp3) is 0.0476. The van der Waals surface area contributed by atoms with Gasteiger partial charge in [-0.3, -0.25) is 9.78 Å². The second kappa shape index (κ2) is 5.78. The summed E-state index contributed by atoms with van der Waals surface area (Å²) in [5.41, 5.74) is 5.92. The van der Waals surface area contributed by atoms with Crippen LogP contribution in [0.25, 0.3) is 11.1 Å². The minimum absolute atomic E-state index is 0.0417. The van der Waals surface area contributed by atoms with Crippen molar-refractivity contribution in [2.45, 2.75) is 0 Å². The molecule has 0 fully saturated rings. The Balaban J connectivity index is 1.78. The first-order valence-corrected chi connectivity index (χ1v) is 7.84. The Hall–Kier alpha value is -3.20. The van der Waals surface area contributed by atoms with Gasteiger partial charge in [0, 0.05) is 36.3 Å². The summed E-state index contributed by atoms with van der Waals surface area (Å²) in [7, 11) is 2.04. The second-order valence-electron chi connectivity index (χ2n) is 5.78. The van der Waals surface area contributed by atoms with Crippen molar-refractivity contribution in [2.24, 2.45) is 0 Å². The summed E-state index contributed by atoms with van der Waals surface area (Å²) in [6, 6.07) is 12.1. The number of carbonyl (C=O) groups excluding carboxylic acids is 1. The van der Waals surface area contributed by atoms with E-state index >= 15 is 0 Å². The van der Waals surface area contributed by atoms with Crippen molar-refractivity contribution in [1.82, 2.24) is 4.98 Å². The van der Waals surface area contributed by atoms with Gasteiger partial charge >= 0.3 is 0 Å². The number of rotatable bonds is 1. The number of hydrogen-bond acceptors (Lipinski definition) is 3. The molecule has 116 valence electrons. The maximum Gasteiger partial charge on any atom is 0.204 e. The minimum Gasteiger partial charge on any atom is -0.351 e. The number of nitrogens with zero attached hydrogens (tertiary/aromatic N) is 2. The molecule has 24 heavy (non-hydrogen) atoms. The van der Waals surface area contributed by atoms with Gasteiger partial charge in [0.05, 0.1) is 0 Å². The Labute approximate surface area is 141 Å². The SMILES string of the molecule is CN1C=C/C(=C\C=C2\C=CC(=O)c3ncccc32)c2ccccc21. The number of pyridine rings is 1. The quantitative estimate of drug-likeness (QED) is 0.788. The summed E-state index contributed by atoms with van der Waals surface area (Å²) >= 11 is 0. The number of allylic oxidation sites excluding steroid dienone is 7. The van der Waals surface area contributed by atoms with Gasteiger partial charge in [-0.1, -0.05) is 42.5 Å². The van der Waals surface area contributed by atoms with Crippen LogP contribution in [0.5, 0.6) is 0 Å². The van der Waals surface area contributed by atoms with Crippen LogP contribution < -0.4 is 4.90 Å². The molecule has 2 heterocycles. The molecule has 3 heteroatoms. The molecule has 0 saturated carbocycles. The molecule has 1 aliphatic carbocycles. The molecule has 2 aliphatic rings. The summed E-state index contributed by atoms with van der Waals surface area (Å²) in [4.78, 5) is 18.2. The van der Waals surface area contributed by atoms with Gasteiger partial charge in [0.2, 0.25) is 5.78 Å². The molecule has 3 nitrogen and oxygen atoms in total. The van der Waals surface area contributed by atoms with Crippen LogP contribution in [-0.2, 0) is 0 Å². The molecule has 4 rings (SSSR count). The zero-order valence-electron chi connectivity index (χ0n) is 13.3. The lowest BCUT2D eigenvalue weighted by atomic mass is 9.94. The Kier molecular flexibility index (Phi) is 3.47. The normalized spacial score (nSPS) is 18.9. The predicted octanol–water partition coefficient (Wildman–Crippen LogP) is 4.26. The van der Waals surface area contributed by atoms with Crippen molar-refractivity contribution in [1.29, 1.82) is 0 Å². The third-order valence-corrected chi connectivity index (χ3v) is 4.28. The van der Waals surface area contributed by atoms with Crippen molar-refractivity contribution >= 4 is 22.6 Å². The number of hydrogen-bond donors (Lipinski definition) is 0. The first-order valence-electron chi connectivity index (χ1n) is 7.84. The van der Waals surface area contributed by atoms with Crippen LogP contribution in [0.1, 0.15) is 21.6 Å². The summed E-state index contributed by atoms with van der Waals surface area (Å²) in [6.07, 6.45) is 13.4. The predicted molar refractivity (Wildman–Crippen MR) is 97.6 cm³/mol. The zero-order chi connectivity index (χ0) is 16.5. The molecule has 1 aromatic heterocycles. The molecule has 0 radical (unpaired) electrons. The molecule has 2 aromatic rings. The van der Waals surface area contributed by atoms with Gasteiger partial charge < -0.3 is 4.90 Å². The molecule has 0 amide bonds. The van der Waals surface area contributed by atoms with Crippen molar-refractivity contribution in [3.8, 4) is 0 Å². The van der Waals surface area contributed by atoms with Crippen LogP contribution >= 0.6 is 0 Å². The Bertz CT molecular complexity index is 948. The fourth-order valence-corrected chi connectivity index (χ4v) is 3.03. The van der Waals surface area contributed by atoms with E-state index in [1.54, 1.807) is 12.3 Å². The van der Waals surface area contributed by atoms with Crippen molar-refractivity contribution < 1.29 is 4.79 Å². The summed E-state index contributed by atoms with van der Waals surface area (Å²) in [5.74, 6) is -0.0417. The molecule has 0 bridgehead atoms. The first kappa shape index (κ1) is 14.4. The Morgan fingerprint density at radius 2 is 1.67 bits per heavy atom. The van der Waals surface area contributed by atoms with Crippen LogP contribution in [-0.4, -0.2) is 17.8 Å². The van der Waals surface area contributed by atoms with Crippen molar-refractivity contribution in [3.63, 3.8) is 0 Å². The number of fused-ring (bicyclic) bond motifs is 2. The highest BCUT2D eigenvalue weighted by Gasteiger charge is 2.17. The Morgan fingerprint density at radius 3 is 2.54 bits per heavy atom. The summed E-state index contributed by atoms with van der Waals surface area (Å²) in [5, 5.41) is 0. The molecule has 0 unspecified atom stereocenters. The maximum absolute atomic E-state index is 11.9. The van der Waals surface area contributed by atoms with Crippen LogP contribution in [0.15, 0.2) is 79.2 Å². The average Bonchev–Trinajstić information content (AvgIpc) is 2.63. The minimum atomic E-state index is -0.0417. The maximum atomic E-state index is 11.9. The van der Waals surface area contributed by atoms with E-state index in [9.17, 15) is 4.79 Å². The molecule has 1 aromatic carbocycles. The van der Waals surface area contributed by atoms with Crippen molar-refractivity contribution in [2.75, 3.05) is 11.9 Å². The van der Waals surface area contributed by atoms with E-state index in [0.717, 1.165) is 16.7 Å². The third-order valence-electron chi connectivity index (χ3n) is 4.28. The van der Waals surface area contributed by atoms with Crippen molar-refractivity contribution in [3.05, 3.63) is 96.0 Å². The number of anilines is 1. The van der Waals surface area contributed by atoms with Gasteiger partial charge in [0.1, 0.15) is 5.69 Å². The summed E-state index contributed by atoms with van der Waals surface area (Å²) < 4.78 is 0. The van der Waals surface area contributed by atoms with E-state index in [-0.39, 0.29) is 5.78 Å². The first-order chi connectivity index (χ1) is 11.7. The van der Waals surface area contributed by atoms with E-state index in [1.807, 2.05) is 43.5 Å². The molecule has 0 atom stereocenters. The largest absolute Gasteiger partial charge is 0.351 e. The second-order valence-corrected chi connectivity index (χ2v) is 5.78. The van der Waals surface area contributed by atoms with E-state index in [0.29, 0.717) is 5.69 Å². The van der Waals surface area contributed by atoms with Crippen LogP contribution in [0.3, 0.4) is 0 Å². The molecule has 0 saturated heterocycles. The smallest absolute Gasteiger partial charge is 0.204 e. The molecular weight excluding hydrogens is 296 g/mol. The lowest BCUT2D eigenvalue weighted by molar-refractivity contribution is 0.104. The van der Waals surface area contributed by atoms with Crippen LogP contribution in [0, 0.1) is 0 Å². The highest BCUT2D eigenvalue weighted by molar-refractivity contribution is 6.11. The van der Waals surface area contributed by atoms with Crippen LogP contribution in [0.2, 0.25) is 0 Å². The highest BCUT2D eigenvalue weighted by atomic mass is 16.1. The van der Waals surface area contributed by atoms with Crippen LogP contribution in [0.4, 0.5) is 5.69 Å². The lowest BCUT2D eigenvalue weighted by Gasteiger charge is -2.23. The zero-order valence-corrected chi connectivity index (χ0v) is 13.3. The number of benzene rings is 1. The third kappa shape index (κ3) is 2.40. The molecule has 0 spiro atoms. The monoisotopic (exact) mass is 312 g/mol. The number of aromatic nitrogens is 1. The molecule has 0 N–H and O–H groups in total. The van der Waals surface area contributed by atoms with E-state index < -0.39 is 0 Å². The molecular formula is C21H16N2O. The lowest BCUT2D eigenvalue weighted by Crippen LogP contribution is -2.13. The summed E-state index contributed by atoms with van der Waals surface area (Å²) in [6.45, 7) is 0. The van der Waals surface area contributed by atoms with Gasteiger partial charge in [0.15, 0.2) is 0 Å². The van der Waals surface area contributed by atoms with Gasteiger partial charge in [-0.2, -0.15) is 0 Å². The standard InChI is InChI=1S/C21H16N2O/c1-23-14-12-16(17-5-2-3-7-19(17)23)9-8-15-10-11-20(24)21-18(15)6-4-13-22-21/h2-14H,1H3/b15-8-,16-9+. The van der Waals surface area contributed by atoms with E-state index in [2.05, 4.69) is 40.4 Å². The highest BCUT2D eigenvalue weighted by Crippen LogP contribution is 2.32. The van der Waals surface area contributed by atoms with Gasteiger partial charge in [-0.25, -0.2) is 0 Å². The number of carbonyl (C=O) groups is 1. The van der Waals surface area contributed by atoms with Gasteiger partial charge in [0.25, 0.3) is 0 Å². The van der Waals surface area contributed by atoms with Gasteiger partial charge in [-0.05, 0) is 35.4 Å². The average molecular weight is 312 g/mol. The molecule has 1 aliphatic heterocycles. The Morgan fingerprint density at radius 1 is 0.917 bits per heavy atom. The van der Waals surface area contributed by atoms with E-state index in [1.165, 1.54) is 11.3 Å². The number of para-hydroxylation sites is 1. The number of ketones is 1. The van der Waals surface area contributed by atoms with Gasteiger partial charge in [-0.15, -0.1) is 0 Å². The topological polar surface area (TPSA) is 33.2 Å². The van der Waals surface area contributed by atoms with E-state index in [4.69, 9.17) is 0 Å².